The molecule has 3 aliphatic heterocycles. The highest BCUT2D eigenvalue weighted by molar-refractivity contribution is 4.76. The summed E-state index contributed by atoms with van der Waals surface area (Å²) < 4.78 is 0. The molecule has 3 nitrogen and oxygen atoms in total. The minimum atomic E-state index is 0. The first kappa shape index (κ1) is 24.9. The lowest BCUT2D eigenvalue weighted by Gasteiger charge is -2.18. The summed E-state index contributed by atoms with van der Waals surface area (Å²) in [5, 5.41) is 6.81. The molecule has 0 aromatic carbocycles. The van der Waals surface area contributed by atoms with Crippen LogP contribution in [-0.2, 0) is 0 Å². The molecular formula is C22H49N3. The topological polar surface area (TPSA) is 27.3 Å². The van der Waals surface area contributed by atoms with E-state index in [2.05, 4.69) is 57.1 Å². The largest absolute Gasteiger partial charge is 0.316 e. The van der Waals surface area contributed by atoms with E-state index >= 15 is 0 Å². The average molecular weight is 356 g/mol. The first-order chi connectivity index (χ1) is 11.4. The number of rotatable bonds is 3. The normalized spacial score (nSPS) is 26.3. The summed E-state index contributed by atoms with van der Waals surface area (Å²) >= 11 is 0. The Morgan fingerprint density at radius 2 is 1.44 bits per heavy atom. The molecule has 152 valence electrons. The maximum atomic E-state index is 3.46. The molecule has 0 saturated carbocycles. The van der Waals surface area contributed by atoms with E-state index in [1.807, 2.05) is 0 Å². The lowest BCUT2D eigenvalue weighted by atomic mass is 9.96. The molecule has 3 aliphatic rings. The summed E-state index contributed by atoms with van der Waals surface area (Å²) in [6.07, 6.45) is 6.98. The Balaban J connectivity index is 0.000000339. The van der Waals surface area contributed by atoms with Gasteiger partial charge < -0.3 is 15.5 Å². The van der Waals surface area contributed by atoms with Crippen molar-refractivity contribution in [2.24, 2.45) is 17.8 Å². The van der Waals surface area contributed by atoms with E-state index in [4.69, 9.17) is 0 Å². The zero-order chi connectivity index (χ0) is 17.9. The number of likely N-dealkylation sites (tertiary alicyclic amines) is 1. The summed E-state index contributed by atoms with van der Waals surface area (Å²) in [4.78, 5) is 2.53. The highest BCUT2D eigenvalue weighted by atomic mass is 15.2. The van der Waals surface area contributed by atoms with Crippen molar-refractivity contribution in [3.8, 4) is 0 Å². The minimum Gasteiger partial charge on any atom is -0.316 e. The third-order valence-electron chi connectivity index (χ3n) is 5.82. The second kappa shape index (κ2) is 14.0. The molecule has 0 aliphatic carbocycles. The fourth-order valence-electron chi connectivity index (χ4n) is 3.78. The molecule has 2 N–H and O–H groups in total. The fraction of sp³-hybridized carbons (Fsp3) is 1.00. The SMILES string of the molecule is C.CC(C)C1CCCN1.CC(C)C1CCNC1.CC(C)N1CCCC1. The molecule has 2 atom stereocenters. The van der Waals surface area contributed by atoms with Gasteiger partial charge in [-0.15, -0.1) is 0 Å². The summed E-state index contributed by atoms with van der Waals surface area (Å²) in [6.45, 7) is 20.1. The lowest BCUT2D eigenvalue weighted by molar-refractivity contribution is 0.276. The van der Waals surface area contributed by atoms with Crippen LogP contribution in [0.3, 0.4) is 0 Å². The molecule has 3 fully saturated rings. The summed E-state index contributed by atoms with van der Waals surface area (Å²) in [5.74, 6) is 2.66. The Morgan fingerprint density at radius 3 is 1.68 bits per heavy atom. The van der Waals surface area contributed by atoms with E-state index in [-0.39, 0.29) is 7.43 Å². The second-order valence-corrected chi connectivity index (χ2v) is 8.78. The van der Waals surface area contributed by atoms with Gasteiger partial charge in [0.15, 0.2) is 0 Å². The molecular weight excluding hydrogens is 306 g/mol. The Labute approximate surface area is 159 Å². The summed E-state index contributed by atoms with van der Waals surface area (Å²) in [5.41, 5.74) is 0. The first-order valence-electron chi connectivity index (χ1n) is 10.6. The van der Waals surface area contributed by atoms with E-state index in [9.17, 15) is 0 Å². The van der Waals surface area contributed by atoms with Gasteiger partial charge >= 0.3 is 0 Å². The van der Waals surface area contributed by atoms with Crippen LogP contribution in [-0.4, -0.2) is 49.7 Å². The van der Waals surface area contributed by atoms with Gasteiger partial charge in [0.2, 0.25) is 0 Å². The van der Waals surface area contributed by atoms with Crippen LogP contribution in [0.1, 0.15) is 81.1 Å². The quantitative estimate of drug-likeness (QED) is 0.763. The van der Waals surface area contributed by atoms with Crippen molar-refractivity contribution in [3.05, 3.63) is 0 Å². The molecule has 3 heterocycles. The van der Waals surface area contributed by atoms with Crippen LogP contribution in [0, 0.1) is 17.8 Å². The minimum absolute atomic E-state index is 0. The molecule has 25 heavy (non-hydrogen) atoms. The van der Waals surface area contributed by atoms with E-state index in [1.165, 1.54) is 64.8 Å². The zero-order valence-corrected chi connectivity index (χ0v) is 17.4. The van der Waals surface area contributed by atoms with Gasteiger partial charge in [0.25, 0.3) is 0 Å². The van der Waals surface area contributed by atoms with Gasteiger partial charge in [-0.25, -0.2) is 0 Å². The molecule has 2 unspecified atom stereocenters. The molecule has 0 bridgehead atoms. The van der Waals surface area contributed by atoms with Crippen molar-refractivity contribution in [1.29, 1.82) is 0 Å². The Hall–Kier alpha value is -0.120. The van der Waals surface area contributed by atoms with Gasteiger partial charge in [-0.2, -0.15) is 0 Å². The number of nitrogens with zero attached hydrogens (tertiary/aromatic N) is 1. The molecule has 0 amide bonds. The van der Waals surface area contributed by atoms with E-state index in [1.54, 1.807) is 0 Å². The fourth-order valence-corrected chi connectivity index (χ4v) is 3.78. The summed E-state index contributed by atoms with van der Waals surface area (Å²) in [6, 6.07) is 1.59. The zero-order valence-electron chi connectivity index (χ0n) is 17.4. The Bertz CT molecular complexity index is 236. The van der Waals surface area contributed by atoms with Crippen molar-refractivity contribution < 1.29 is 0 Å². The molecule has 0 aromatic heterocycles. The van der Waals surface area contributed by atoms with Crippen molar-refractivity contribution in [3.63, 3.8) is 0 Å². The van der Waals surface area contributed by atoms with Crippen LogP contribution in [0.25, 0.3) is 0 Å². The molecule has 3 rings (SSSR count). The third-order valence-corrected chi connectivity index (χ3v) is 5.82. The van der Waals surface area contributed by atoms with Crippen LogP contribution >= 0.6 is 0 Å². The van der Waals surface area contributed by atoms with Gasteiger partial charge in [-0.1, -0.05) is 35.1 Å². The summed E-state index contributed by atoms with van der Waals surface area (Å²) in [7, 11) is 0. The van der Waals surface area contributed by atoms with Gasteiger partial charge in [-0.3, -0.25) is 0 Å². The highest BCUT2D eigenvalue weighted by Gasteiger charge is 2.17. The van der Waals surface area contributed by atoms with Gasteiger partial charge in [0.1, 0.15) is 0 Å². The van der Waals surface area contributed by atoms with Gasteiger partial charge in [-0.05, 0) is 96.4 Å². The van der Waals surface area contributed by atoms with Crippen molar-refractivity contribution >= 4 is 0 Å². The van der Waals surface area contributed by atoms with Crippen LogP contribution in [0.2, 0.25) is 0 Å². The van der Waals surface area contributed by atoms with Crippen LogP contribution in [0.5, 0.6) is 0 Å². The molecule has 3 heteroatoms. The number of hydrogen-bond acceptors (Lipinski definition) is 3. The average Bonchev–Trinajstić information content (AvgIpc) is 3.29. The predicted octanol–water partition coefficient (Wildman–Crippen LogP) is 4.77. The third kappa shape index (κ3) is 10.6. The number of hydrogen-bond donors (Lipinski definition) is 2. The van der Waals surface area contributed by atoms with Crippen LogP contribution in [0.4, 0.5) is 0 Å². The Morgan fingerprint density at radius 1 is 0.800 bits per heavy atom. The van der Waals surface area contributed by atoms with Crippen LogP contribution < -0.4 is 10.6 Å². The monoisotopic (exact) mass is 355 g/mol. The predicted molar refractivity (Wildman–Crippen MR) is 114 cm³/mol. The maximum absolute atomic E-state index is 3.46. The van der Waals surface area contributed by atoms with Crippen molar-refractivity contribution in [1.82, 2.24) is 15.5 Å². The van der Waals surface area contributed by atoms with Gasteiger partial charge in [0.05, 0.1) is 0 Å². The van der Waals surface area contributed by atoms with Crippen molar-refractivity contribution in [2.75, 3.05) is 32.7 Å². The molecule has 0 aromatic rings. The second-order valence-electron chi connectivity index (χ2n) is 8.78. The highest BCUT2D eigenvalue weighted by Crippen LogP contribution is 2.16. The standard InChI is InChI=1S/3C7H15N.CH4/c1-6(2)7-3-4-8-5-7;1-7(2)8-5-3-4-6-8;1-6(2)7-4-3-5-8-7;/h6-8H,3-5H2,1-2H3;7H,3-6H2,1-2H3;6-8H,3-5H2,1-2H3;1H4. The lowest BCUT2D eigenvalue weighted by Crippen LogP contribution is -2.26. The molecule has 3 saturated heterocycles. The van der Waals surface area contributed by atoms with E-state index < -0.39 is 0 Å². The van der Waals surface area contributed by atoms with Crippen molar-refractivity contribution in [2.45, 2.75) is 93.2 Å². The van der Waals surface area contributed by atoms with E-state index in [0.29, 0.717) is 0 Å². The molecule has 0 radical (unpaired) electrons. The maximum Gasteiger partial charge on any atom is 0.00905 e. The first-order valence-corrected chi connectivity index (χ1v) is 10.6. The molecule has 0 spiro atoms. The van der Waals surface area contributed by atoms with Gasteiger partial charge in [0, 0.05) is 12.1 Å². The van der Waals surface area contributed by atoms with E-state index in [0.717, 1.165) is 29.8 Å². The smallest absolute Gasteiger partial charge is 0.00905 e. The Kier molecular flexibility index (Phi) is 13.9. The number of nitrogens with one attached hydrogen (secondary N) is 2. The van der Waals surface area contributed by atoms with Crippen LogP contribution in [0.15, 0.2) is 0 Å².